The Bertz CT molecular complexity index is 1890. The third kappa shape index (κ3) is 7.40. The molecular formula is C41H47ClFN7O4. The van der Waals surface area contributed by atoms with Crippen molar-refractivity contribution >= 4 is 29.3 Å². The predicted octanol–water partition coefficient (Wildman–Crippen LogP) is 5.57. The lowest BCUT2D eigenvalue weighted by Gasteiger charge is -2.46. The molecule has 4 fully saturated rings. The summed E-state index contributed by atoms with van der Waals surface area (Å²) >= 11 is 6.22. The molecule has 5 heterocycles. The molecule has 11 nitrogen and oxygen atoms in total. The number of hydrogen-bond donors (Lipinski definition) is 2. The van der Waals surface area contributed by atoms with Gasteiger partial charge in [0, 0.05) is 49.4 Å². The summed E-state index contributed by atoms with van der Waals surface area (Å²) in [6.07, 6.45) is 14.8. The van der Waals surface area contributed by atoms with E-state index in [1.54, 1.807) is 24.3 Å². The molecule has 2 N–H and O–H groups in total. The summed E-state index contributed by atoms with van der Waals surface area (Å²) in [6.45, 7) is 4.96. The molecular weight excluding hydrogens is 709 g/mol. The van der Waals surface area contributed by atoms with Gasteiger partial charge in [-0.3, -0.25) is 24.7 Å². The number of fused-ring (bicyclic) bond motifs is 1. The van der Waals surface area contributed by atoms with Crippen molar-refractivity contribution in [3.8, 4) is 11.8 Å². The molecule has 2 aromatic carbocycles. The van der Waals surface area contributed by atoms with Crippen LogP contribution in [0.25, 0.3) is 0 Å². The Morgan fingerprint density at radius 1 is 0.944 bits per heavy atom. The second kappa shape index (κ2) is 15.6. The van der Waals surface area contributed by atoms with Crippen molar-refractivity contribution in [3.63, 3.8) is 0 Å². The maximum absolute atomic E-state index is 16.0. The second-order valence-corrected chi connectivity index (χ2v) is 16.0. The van der Waals surface area contributed by atoms with Gasteiger partial charge in [0.25, 0.3) is 5.91 Å². The molecule has 1 unspecified atom stereocenters. The normalized spacial score (nSPS) is 25.6. The van der Waals surface area contributed by atoms with Crippen LogP contribution in [0.15, 0.2) is 54.5 Å². The van der Waals surface area contributed by atoms with Crippen molar-refractivity contribution < 1.29 is 23.5 Å². The van der Waals surface area contributed by atoms with Crippen molar-refractivity contribution in [2.24, 2.45) is 5.92 Å². The number of nitrogens with one attached hydrogen (secondary N) is 2. The number of imide groups is 1. The zero-order chi connectivity index (χ0) is 37.3. The first-order chi connectivity index (χ1) is 26.2. The molecule has 284 valence electrons. The van der Waals surface area contributed by atoms with Crippen LogP contribution in [0.5, 0.6) is 5.75 Å². The van der Waals surface area contributed by atoms with E-state index in [4.69, 9.17) is 21.6 Å². The van der Waals surface area contributed by atoms with E-state index in [2.05, 4.69) is 43.8 Å². The highest BCUT2D eigenvalue weighted by molar-refractivity contribution is 6.31. The third-order valence-electron chi connectivity index (χ3n) is 12.3. The van der Waals surface area contributed by atoms with Gasteiger partial charge in [0.2, 0.25) is 11.8 Å². The van der Waals surface area contributed by atoms with Crippen molar-refractivity contribution in [2.75, 3.05) is 32.7 Å². The van der Waals surface area contributed by atoms with Gasteiger partial charge in [0.15, 0.2) is 0 Å². The number of carbonyl (C=O) groups is 3. The minimum absolute atomic E-state index is 0.0613. The minimum Gasteiger partial charge on any atom is -0.490 e. The zero-order valence-corrected chi connectivity index (χ0v) is 31.2. The number of hydrazine groups is 1. The van der Waals surface area contributed by atoms with Gasteiger partial charge in [-0.25, -0.2) is 4.39 Å². The lowest BCUT2D eigenvalue weighted by molar-refractivity contribution is -0.136. The standard InChI is InChI=1S/C41H47ClFN7O4/c42-35-22-31(6-3-28(35)23-44)54-30-7-4-29(5-8-30)50-38(2-1-17-45-50)48-20-13-26(14-21-48)24-47-18-15-27(16-19-47)32-9-10-33-34(39(32)43)25-49(41(33)53)36-11-12-37(51)46-40(36)52/h1-3,6,9-10,17,22,26-27,29-30,36,45H,4-5,7-8,11-16,18-21,24-25H2,(H,46,51,52). The van der Waals surface area contributed by atoms with Crippen LogP contribution in [0.3, 0.4) is 0 Å². The van der Waals surface area contributed by atoms with Crippen LogP contribution in [0, 0.1) is 23.1 Å². The maximum atomic E-state index is 16.0. The number of rotatable bonds is 8. The number of piperidine rings is 3. The van der Waals surface area contributed by atoms with Gasteiger partial charge in [0.1, 0.15) is 29.5 Å². The van der Waals surface area contributed by atoms with Crippen molar-refractivity contribution in [1.82, 2.24) is 30.5 Å². The molecule has 1 atom stereocenters. The quantitative estimate of drug-likeness (QED) is 0.334. The number of benzene rings is 2. The first-order valence-electron chi connectivity index (χ1n) is 19.5. The molecule has 5 aliphatic heterocycles. The third-order valence-corrected chi connectivity index (χ3v) is 12.6. The molecule has 3 amide bonds. The second-order valence-electron chi connectivity index (χ2n) is 15.6. The van der Waals surface area contributed by atoms with Crippen molar-refractivity contribution in [2.45, 2.75) is 94.9 Å². The molecule has 8 rings (SSSR count). The fourth-order valence-corrected chi connectivity index (χ4v) is 9.51. The molecule has 0 radical (unpaired) electrons. The number of hydrogen-bond acceptors (Lipinski definition) is 9. The van der Waals surface area contributed by atoms with Gasteiger partial charge >= 0.3 is 0 Å². The zero-order valence-electron chi connectivity index (χ0n) is 30.4. The molecule has 1 saturated carbocycles. The lowest BCUT2D eigenvalue weighted by atomic mass is 9.86. The molecule has 3 saturated heterocycles. The average molecular weight is 756 g/mol. The molecule has 13 heteroatoms. The molecule has 2 aromatic rings. The summed E-state index contributed by atoms with van der Waals surface area (Å²) in [6, 6.07) is 10.5. The highest BCUT2D eigenvalue weighted by atomic mass is 35.5. The highest BCUT2D eigenvalue weighted by Gasteiger charge is 2.41. The SMILES string of the molecule is N#Cc1ccc(OC2CCC(N3NC=CC=C3N3CCC(CN4CCC(c5ccc6c(c5F)CN(C5CCC(=O)NC5=O)C6=O)CC4)CC3)CC2)cc1Cl. The molecule has 54 heavy (non-hydrogen) atoms. The van der Waals surface area contributed by atoms with E-state index >= 15 is 4.39 Å². The smallest absolute Gasteiger partial charge is 0.255 e. The van der Waals surface area contributed by atoms with E-state index < -0.39 is 11.9 Å². The largest absolute Gasteiger partial charge is 0.490 e. The Morgan fingerprint density at radius 3 is 2.44 bits per heavy atom. The van der Waals surface area contributed by atoms with E-state index in [-0.39, 0.29) is 49.0 Å². The average Bonchev–Trinajstić information content (AvgIpc) is 3.52. The first-order valence-corrected chi connectivity index (χ1v) is 19.8. The Hall–Kier alpha value is -4.60. The van der Waals surface area contributed by atoms with Crippen LogP contribution >= 0.6 is 11.6 Å². The number of allylic oxidation sites excluding steroid dienone is 2. The van der Waals surface area contributed by atoms with E-state index in [1.165, 1.54) is 10.7 Å². The number of carbonyl (C=O) groups excluding carboxylic acids is 3. The topological polar surface area (TPSA) is 121 Å². The maximum Gasteiger partial charge on any atom is 0.255 e. The monoisotopic (exact) mass is 755 g/mol. The summed E-state index contributed by atoms with van der Waals surface area (Å²) in [4.78, 5) is 43.7. The van der Waals surface area contributed by atoms with Crippen LogP contribution < -0.4 is 15.5 Å². The van der Waals surface area contributed by atoms with Gasteiger partial charge in [-0.05, 0) is 119 Å². The summed E-state index contributed by atoms with van der Waals surface area (Å²) in [5.41, 5.74) is 5.36. The summed E-state index contributed by atoms with van der Waals surface area (Å²) in [7, 11) is 0. The fourth-order valence-electron chi connectivity index (χ4n) is 9.30. The molecule has 0 spiro atoms. The minimum atomic E-state index is -0.748. The number of nitrogens with zero attached hydrogens (tertiary/aromatic N) is 5. The van der Waals surface area contributed by atoms with Crippen molar-refractivity contribution in [3.05, 3.63) is 87.6 Å². The summed E-state index contributed by atoms with van der Waals surface area (Å²) in [5.74, 6) is 1.18. The predicted molar refractivity (Wildman–Crippen MR) is 200 cm³/mol. The highest BCUT2D eigenvalue weighted by Crippen LogP contribution is 2.37. The van der Waals surface area contributed by atoms with Crippen LogP contribution in [-0.2, 0) is 16.1 Å². The Balaban J connectivity index is 0.795. The van der Waals surface area contributed by atoms with Gasteiger partial charge < -0.3 is 24.9 Å². The Morgan fingerprint density at radius 2 is 1.72 bits per heavy atom. The molecule has 0 bridgehead atoms. The van der Waals surface area contributed by atoms with E-state index in [0.717, 1.165) is 84.1 Å². The van der Waals surface area contributed by atoms with Gasteiger partial charge in [0.05, 0.1) is 29.3 Å². The number of ether oxygens (including phenoxy) is 1. The molecule has 0 aromatic heterocycles. The van der Waals surface area contributed by atoms with E-state index in [9.17, 15) is 14.4 Å². The number of halogens is 2. The lowest BCUT2D eigenvalue weighted by Crippen LogP contribution is -2.52. The molecule has 6 aliphatic rings. The fraction of sp³-hybridized carbons (Fsp3) is 0.512. The van der Waals surface area contributed by atoms with Gasteiger partial charge in [-0.1, -0.05) is 17.7 Å². The van der Waals surface area contributed by atoms with E-state index in [0.29, 0.717) is 45.0 Å². The van der Waals surface area contributed by atoms with Crippen LogP contribution in [0.4, 0.5) is 4.39 Å². The Kier molecular flexibility index (Phi) is 10.5. The summed E-state index contributed by atoms with van der Waals surface area (Å²) < 4.78 is 22.2. The van der Waals surface area contributed by atoms with Gasteiger partial charge in [-0.2, -0.15) is 5.26 Å². The van der Waals surface area contributed by atoms with Crippen LogP contribution in [0.2, 0.25) is 5.02 Å². The number of likely N-dealkylation sites (tertiary alicyclic amines) is 2. The van der Waals surface area contributed by atoms with Crippen LogP contribution in [0.1, 0.15) is 97.2 Å². The van der Waals surface area contributed by atoms with E-state index in [1.807, 2.05) is 12.3 Å². The summed E-state index contributed by atoms with van der Waals surface area (Å²) in [5, 5.41) is 14.2. The van der Waals surface area contributed by atoms with Crippen molar-refractivity contribution in [1.29, 1.82) is 5.26 Å². The number of amides is 3. The Labute approximate surface area is 320 Å². The molecule has 1 aliphatic carbocycles. The van der Waals surface area contributed by atoms with Crippen LogP contribution in [-0.4, -0.2) is 88.3 Å². The van der Waals surface area contributed by atoms with Gasteiger partial charge in [-0.15, -0.1) is 0 Å². The first kappa shape index (κ1) is 36.4. The number of nitriles is 1.